The lowest BCUT2D eigenvalue weighted by Crippen LogP contribution is -2.48. The van der Waals surface area contributed by atoms with E-state index in [1.807, 2.05) is 32.0 Å². The summed E-state index contributed by atoms with van der Waals surface area (Å²) in [5, 5.41) is 6.25. The molecule has 0 bridgehead atoms. The number of anilines is 1. The third-order valence-corrected chi connectivity index (χ3v) is 3.75. The normalized spacial score (nSPS) is 18.5. The molecule has 5 nitrogen and oxygen atoms in total. The number of carbonyl (C=O) groups is 2. The van der Waals surface area contributed by atoms with E-state index < -0.39 is 0 Å². The number of rotatable bonds is 4. The molecule has 1 aliphatic heterocycles. The zero-order valence-corrected chi connectivity index (χ0v) is 12.9. The molecular weight excluding hydrogens is 266 g/mol. The Morgan fingerprint density at radius 1 is 1.43 bits per heavy atom. The molecule has 0 aromatic heterocycles. The maximum absolute atomic E-state index is 12.5. The Kier molecular flexibility index (Phi) is 4.83. The third kappa shape index (κ3) is 3.74. The second-order valence-corrected chi connectivity index (χ2v) is 5.56. The molecule has 2 N–H and O–H groups in total. The molecular formula is C16H23N3O2. The number of piperidine rings is 1. The molecule has 1 unspecified atom stereocenters. The number of nitrogens with one attached hydrogen (secondary N) is 2. The number of aryl methyl sites for hydroxylation is 1. The number of carbonyl (C=O) groups excluding carboxylic acids is 2. The van der Waals surface area contributed by atoms with Crippen LogP contribution in [0.15, 0.2) is 18.2 Å². The van der Waals surface area contributed by atoms with Gasteiger partial charge in [0.05, 0.1) is 5.56 Å². The van der Waals surface area contributed by atoms with Crippen LogP contribution < -0.4 is 10.6 Å². The summed E-state index contributed by atoms with van der Waals surface area (Å²) < 4.78 is 0. The van der Waals surface area contributed by atoms with Gasteiger partial charge in [-0.15, -0.1) is 0 Å². The molecule has 1 aromatic carbocycles. The van der Waals surface area contributed by atoms with Gasteiger partial charge in [0, 0.05) is 38.3 Å². The van der Waals surface area contributed by atoms with Gasteiger partial charge in [0.2, 0.25) is 5.91 Å². The van der Waals surface area contributed by atoms with E-state index in [4.69, 9.17) is 0 Å². The zero-order valence-electron chi connectivity index (χ0n) is 12.9. The Morgan fingerprint density at radius 2 is 2.19 bits per heavy atom. The Morgan fingerprint density at radius 3 is 2.86 bits per heavy atom. The van der Waals surface area contributed by atoms with Gasteiger partial charge in [-0.05, 0) is 32.4 Å². The highest BCUT2D eigenvalue weighted by Gasteiger charge is 2.25. The van der Waals surface area contributed by atoms with Crippen molar-refractivity contribution >= 4 is 17.5 Å². The van der Waals surface area contributed by atoms with E-state index >= 15 is 0 Å². The van der Waals surface area contributed by atoms with Crippen LogP contribution in [0.25, 0.3) is 0 Å². The van der Waals surface area contributed by atoms with Crippen LogP contribution in [0.3, 0.4) is 0 Å². The summed E-state index contributed by atoms with van der Waals surface area (Å²) in [7, 11) is 1.78. The van der Waals surface area contributed by atoms with Gasteiger partial charge in [-0.1, -0.05) is 11.6 Å². The molecule has 1 aromatic rings. The van der Waals surface area contributed by atoms with E-state index in [1.165, 1.54) is 0 Å². The fourth-order valence-electron chi connectivity index (χ4n) is 2.58. The molecule has 5 heteroatoms. The van der Waals surface area contributed by atoms with Gasteiger partial charge in [-0.2, -0.15) is 0 Å². The summed E-state index contributed by atoms with van der Waals surface area (Å²) in [6, 6.07) is 5.84. The van der Waals surface area contributed by atoms with Crippen molar-refractivity contribution in [2.24, 2.45) is 0 Å². The zero-order chi connectivity index (χ0) is 15.4. The van der Waals surface area contributed by atoms with Crippen molar-refractivity contribution in [1.82, 2.24) is 10.2 Å². The maximum atomic E-state index is 12.5. The molecule has 2 amide bonds. The molecule has 21 heavy (non-hydrogen) atoms. The van der Waals surface area contributed by atoms with Gasteiger partial charge in [0.15, 0.2) is 0 Å². The average molecular weight is 289 g/mol. The standard InChI is InChI=1S/C16H23N3O2/c1-4-17-14-7-5-11(2)9-13(14)16(21)18-12-6-8-15(20)19(3)10-12/h5,7,9,12,17H,4,6,8,10H2,1-3H3,(H,18,21). The van der Waals surface area contributed by atoms with E-state index in [0.717, 1.165) is 17.8 Å². The quantitative estimate of drug-likeness (QED) is 0.888. The molecule has 1 saturated heterocycles. The van der Waals surface area contributed by atoms with Crippen LogP contribution in [0.1, 0.15) is 35.7 Å². The van der Waals surface area contributed by atoms with Crippen LogP contribution in [-0.4, -0.2) is 42.9 Å². The van der Waals surface area contributed by atoms with Crippen LogP contribution in [0.4, 0.5) is 5.69 Å². The first kappa shape index (κ1) is 15.4. The molecule has 1 aliphatic rings. The van der Waals surface area contributed by atoms with Gasteiger partial charge >= 0.3 is 0 Å². The summed E-state index contributed by atoms with van der Waals surface area (Å²) in [5.41, 5.74) is 2.56. The number of benzene rings is 1. The number of hydrogen-bond donors (Lipinski definition) is 2. The average Bonchev–Trinajstić information content (AvgIpc) is 2.45. The Bertz CT molecular complexity index is 542. The smallest absolute Gasteiger partial charge is 0.253 e. The van der Waals surface area contributed by atoms with Crippen molar-refractivity contribution in [3.05, 3.63) is 29.3 Å². The lowest BCUT2D eigenvalue weighted by Gasteiger charge is -2.30. The first-order chi connectivity index (χ1) is 10.0. The van der Waals surface area contributed by atoms with Crippen molar-refractivity contribution < 1.29 is 9.59 Å². The van der Waals surface area contributed by atoms with Crippen molar-refractivity contribution in [3.8, 4) is 0 Å². The van der Waals surface area contributed by atoms with Crippen molar-refractivity contribution in [3.63, 3.8) is 0 Å². The molecule has 1 heterocycles. The Labute approximate surface area is 125 Å². The van der Waals surface area contributed by atoms with E-state index in [1.54, 1.807) is 11.9 Å². The Balaban J connectivity index is 2.09. The van der Waals surface area contributed by atoms with Crippen LogP contribution in [-0.2, 0) is 4.79 Å². The van der Waals surface area contributed by atoms with Crippen molar-refractivity contribution in [2.75, 3.05) is 25.5 Å². The summed E-state index contributed by atoms with van der Waals surface area (Å²) in [5.74, 6) is 0.0618. The monoisotopic (exact) mass is 289 g/mol. The summed E-state index contributed by atoms with van der Waals surface area (Å²) in [6.07, 6.45) is 1.20. The number of amides is 2. The fraction of sp³-hybridized carbons (Fsp3) is 0.500. The van der Waals surface area contributed by atoms with Gasteiger partial charge in [-0.3, -0.25) is 9.59 Å². The fourth-order valence-corrected chi connectivity index (χ4v) is 2.58. The SMILES string of the molecule is CCNc1ccc(C)cc1C(=O)NC1CCC(=O)N(C)C1. The van der Waals surface area contributed by atoms with Gasteiger partial charge < -0.3 is 15.5 Å². The highest BCUT2D eigenvalue weighted by Crippen LogP contribution is 2.18. The van der Waals surface area contributed by atoms with E-state index in [2.05, 4.69) is 10.6 Å². The first-order valence-corrected chi connectivity index (χ1v) is 7.40. The van der Waals surface area contributed by atoms with E-state index in [-0.39, 0.29) is 17.9 Å². The number of hydrogen-bond acceptors (Lipinski definition) is 3. The van der Waals surface area contributed by atoms with Crippen molar-refractivity contribution in [2.45, 2.75) is 32.7 Å². The molecule has 0 aliphatic carbocycles. The molecule has 0 radical (unpaired) electrons. The van der Waals surface area contributed by atoms with Crippen LogP contribution in [0.5, 0.6) is 0 Å². The summed E-state index contributed by atoms with van der Waals surface area (Å²) >= 11 is 0. The van der Waals surface area contributed by atoms with Gasteiger partial charge in [0.25, 0.3) is 5.91 Å². The number of likely N-dealkylation sites (N-methyl/N-ethyl adjacent to an activating group) is 1. The molecule has 0 saturated carbocycles. The molecule has 1 fully saturated rings. The van der Waals surface area contributed by atoms with Crippen LogP contribution in [0, 0.1) is 6.92 Å². The molecule has 114 valence electrons. The molecule has 2 rings (SSSR count). The minimum absolute atomic E-state index is 0.0233. The highest BCUT2D eigenvalue weighted by atomic mass is 16.2. The second kappa shape index (κ2) is 6.61. The minimum atomic E-state index is -0.0811. The molecule has 1 atom stereocenters. The largest absolute Gasteiger partial charge is 0.385 e. The minimum Gasteiger partial charge on any atom is -0.385 e. The maximum Gasteiger partial charge on any atom is 0.253 e. The second-order valence-electron chi connectivity index (χ2n) is 5.56. The number of likely N-dealkylation sites (tertiary alicyclic amines) is 1. The summed E-state index contributed by atoms with van der Waals surface area (Å²) in [6.45, 7) is 5.32. The van der Waals surface area contributed by atoms with Crippen LogP contribution in [0.2, 0.25) is 0 Å². The summed E-state index contributed by atoms with van der Waals surface area (Å²) in [4.78, 5) is 25.7. The van der Waals surface area contributed by atoms with Gasteiger partial charge in [-0.25, -0.2) is 0 Å². The van der Waals surface area contributed by atoms with E-state index in [9.17, 15) is 9.59 Å². The Hall–Kier alpha value is -2.04. The molecule has 0 spiro atoms. The van der Waals surface area contributed by atoms with Crippen LogP contribution >= 0.6 is 0 Å². The topological polar surface area (TPSA) is 61.4 Å². The first-order valence-electron chi connectivity index (χ1n) is 7.40. The lowest BCUT2D eigenvalue weighted by atomic mass is 10.0. The number of nitrogens with zero attached hydrogens (tertiary/aromatic N) is 1. The predicted octanol–water partition coefficient (Wildman–Crippen LogP) is 1.78. The lowest BCUT2D eigenvalue weighted by molar-refractivity contribution is -0.132. The van der Waals surface area contributed by atoms with Gasteiger partial charge in [0.1, 0.15) is 0 Å². The van der Waals surface area contributed by atoms with E-state index in [0.29, 0.717) is 24.9 Å². The highest BCUT2D eigenvalue weighted by molar-refractivity contribution is 6.00. The third-order valence-electron chi connectivity index (χ3n) is 3.75. The predicted molar refractivity (Wildman–Crippen MR) is 83.5 cm³/mol. The van der Waals surface area contributed by atoms with Crippen molar-refractivity contribution in [1.29, 1.82) is 0 Å².